The molecule has 33 heteroatoms. The fourth-order valence-electron chi connectivity index (χ4n) is 11.5. The van der Waals surface area contributed by atoms with Crippen LogP contribution < -0.4 is 65.9 Å². The number of aliphatic hydroxyl groups excluding tert-OH is 1. The molecule has 0 atom stereocenters. The molecule has 611 valence electrons. The molecule has 112 heavy (non-hydrogen) atoms. The lowest BCUT2D eigenvalue weighted by Crippen LogP contribution is -2.33. The summed E-state index contributed by atoms with van der Waals surface area (Å²) < 4.78 is 67.2. The van der Waals surface area contributed by atoms with Gasteiger partial charge in [-0.2, -0.15) is 0 Å². The van der Waals surface area contributed by atoms with E-state index in [-0.39, 0.29) is 47.3 Å². The maximum atomic E-state index is 11.5. The summed E-state index contributed by atoms with van der Waals surface area (Å²) in [6, 6.07) is 35.0. The van der Waals surface area contributed by atoms with Crippen molar-refractivity contribution < 1.29 is 85.6 Å². The van der Waals surface area contributed by atoms with Gasteiger partial charge in [-0.25, -0.2) is 4.79 Å². The number of rotatable bonds is 16. The van der Waals surface area contributed by atoms with Crippen LogP contribution in [0.15, 0.2) is 115 Å². The van der Waals surface area contributed by atoms with E-state index in [1.807, 2.05) is 94.5 Å². The van der Waals surface area contributed by atoms with Gasteiger partial charge in [0, 0.05) is 97.4 Å². The number of methoxy groups -OCH3 is 7. The Balaban J connectivity index is 0.000000333. The number of hydrogen-bond donors (Lipinski definition) is 7. The number of likely N-dealkylation sites (N-methyl/N-ethyl adjacent to an activating group) is 2. The summed E-state index contributed by atoms with van der Waals surface area (Å²) in [6.45, 7) is 17.2. The number of carbonyl (C=O) groups excluding carboxylic acids is 3. The Labute approximate surface area is 653 Å². The number of nitro groups is 3. The molecule has 12 rings (SSSR count). The zero-order valence-electron chi connectivity index (χ0n) is 66.4. The Morgan fingerprint density at radius 3 is 1.42 bits per heavy atom. The normalized spacial score (nSPS) is 13.1. The van der Waals surface area contributed by atoms with Crippen molar-refractivity contribution in [2.24, 2.45) is 5.73 Å². The number of nitro benzene ring substituents is 3. The van der Waals surface area contributed by atoms with Gasteiger partial charge in [-0.05, 0) is 235 Å². The van der Waals surface area contributed by atoms with Gasteiger partial charge in [0.1, 0.15) is 28.6 Å². The summed E-state index contributed by atoms with van der Waals surface area (Å²) in [5.41, 5.74) is 23.8. The minimum atomic E-state index is -0.555. The first-order valence-electron chi connectivity index (χ1n) is 36.0. The molecule has 7 aromatic rings. The van der Waals surface area contributed by atoms with Crippen molar-refractivity contribution in [3.05, 3.63) is 212 Å². The number of carbonyl (C=O) groups is 3. The topological polar surface area (TPSA) is 381 Å². The van der Waals surface area contributed by atoms with Crippen molar-refractivity contribution >= 4 is 48.2 Å². The van der Waals surface area contributed by atoms with Gasteiger partial charge >= 0.3 is 30.7 Å². The summed E-state index contributed by atoms with van der Waals surface area (Å²) in [5, 5.41) is 51.3. The average molecular weight is 1570 g/mol. The van der Waals surface area contributed by atoms with E-state index in [2.05, 4.69) is 50.2 Å². The second-order valence-electron chi connectivity index (χ2n) is 26.1. The molecule has 1 radical (unpaired) electrons. The van der Waals surface area contributed by atoms with Crippen molar-refractivity contribution in [2.75, 3.05) is 122 Å². The largest absolute Gasteiger partial charge is 0.497 e. The number of nitrogens with one attached hydrogen (secondary N) is 4. The monoisotopic (exact) mass is 1570 g/mol. The first-order valence-corrected chi connectivity index (χ1v) is 36.0. The summed E-state index contributed by atoms with van der Waals surface area (Å²) in [7, 11) is 15.6. The summed E-state index contributed by atoms with van der Waals surface area (Å²) in [6.07, 6.45) is 6.25. The fraction of sp³-hybridized carbons (Fsp3) is 0.430. The molecule has 9 N–H and O–H groups in total. The van der Waals surface area contributed by atoms with E-state index >= 15 is 0 Å². The standard InChI is InChI=1S/C14H21NO3.C11H14N2O3.C11H16N2O.C10H10N2O4.C10H12N2O3.C10H11NO2.C9H13NO.C2H5BF.C2H6O.F2/c1-14(2,3)18-13(16)15-9-8-11-6-5-7-12(10-11)17-4;1-12-4-3-8-6-11(16-2)10(13(14)15)5-9(8)7-12;1-13-4-3-8-6-11(14-2)10(12)5-9(8)7-13;1-16-9-4-6-2-3-11-10(13)7(6)5-8(9)12(14)15;1-15-10-5-7-2-3-11-6-8(7)4-9(10)12(13)14;1-13-8-2-3-9-7(6-8)4-5-11-10(9)12;1-11-9-4-2-3-8(7-9)5-6-10;1-2-3-4;1-2-3;1-2/h5-7,10H,8-9H2,1-4H3,(H,15,16);5-6H,3-4,7H2,1-2H3;5-6H,3-4,7,12H2,1-2H3;4-5H,2-3H2,1H3,(H,11,13);4-5,11H,2-3,6H2,1H3;2-3,6H,4-5H2,1H3,(H,11,12);2-4,7H,5-6,10H2,1H3;2H2,1H3;3H,2H2,1H3;. The number of hydrogen-bond acceptors (Lipinski definition) is 23. The molecular formula is C79H108BF3N11O18. The van der Waals surface area contributed by atoms with Gasteiger partial charge in [0.15, 0.2) is 17.2 Å². The Morgan fingerprint density at radius 2 is 0.964 bits per heavy atom. The first kappa shape index (κ1) is 95.2. The van der Waals surface area contributed by atoms with Gasteiger partial charge in [-0.15, -0.1) is 0 Å². The molecule has 5 heterocycles. The van der Waals surface area contributed by atoms with E-state index in [1.165, 1.54) is 44.1 Å². The van der Waals surface area contributed by atoms with Gasteiger partial charge in [0.25, 0.3) is 11.8 Å². The van der Waals surface area contributed by atoms with E-state index in [4.69, 9.17) is 63.6 Å². The van der Waals surface area contributed by atoms with Crippen LogP contribution in [0.5, 0.6) is 40.2 Å². The summed E-state index contributed by atoms with van der Waals surface area (Å²) in [5.74, 6) is 3.98. The van der Waals surface area contributed by atoms with E-state index in [9.17, 15) is 49.0 Å². The van der Waals surface area contributed by atoms with Crippen molar-refractivity contribution in [3.8, 4) is 40.2 Å². The molecule has 0 fully saturated rings. The zero-order chi connectivity index (χ0) is 83.5. The quantitative estimate of drug-likeness (QED) is 0.0204. The lowest BCUT2D eigenvalue weighted by atomic mass is 9.99. The number of benzene rings is 7. The van der Waals surface area contributed by atoms with E-state index < -0.39 is 20.4 Å². The minimum Gasteiger partial charge on any atom is -0.497 e. The number of amides is 3. The van der Waals surface area contributed by atoms with Gasteiger partial charge in [-0.3, -0.25) is 39.9 Å². The molecule has 3 amide bonds. The molecule has 0 bridgehead atoms. The van der Waals surface area contributed by atoms with Crippen LogP contribution >= 0.6 is 0 Å². The van der Waals surface area contributed by atoms with Gasteiger partial charge in [0.2, 0.25) is 0 Å². The van der Waals surface area contributed by atoms with Crippen LogP contribution in [0, 0.1) is 30.3 Å². The van der Waals surface area contributed by atoms with Crippen LogP contribution in [0.3, 0.4) is 0 Å². The summed E-state index contributed by atoms with van der Waals surface area (Å²) >= 11 is 0. The number of alkyl carbamates (subject to hydrolysis) is 1. The van der Waals surface area contributed by atoms with Crippen molar-refractivity contribution in [1.82, 2.24) is 31.1 Å². The van der Waals surface area contributed by atoms with Crippen LogP contribution in [-0.2, 0) is 69.3 Å². The Bertz CT molecular complexity index is 4130. The second-order valence-corrected chi connectivity index (χ2v) is 26.1. The lowest BCUT2D eigenvalue weighted by Gasteiger charge is -2.25. The minimum absolute atomic E-state index is 0.0175. The third-order valence-corrected chi connectivity index (χ3v) is 16.9. The number of nitrogen functional groups attached to an aromatic ring is 1. The average Bonchev–Trinajstić information content (AvgIpc) is 0.795. The number of ether oxygens (including phenoxy) is 8. The molecule has 0 aliphatic carbocycles. The molecular weight excluding hydrogens is 1460 g/mol. The highest BCUT2D eigenvalue weighted by Crippen LogP contribution is 2.35. The Kier molecular flexibility index (Phi) is 43.1. The van der Waals surface area contributed by atoms with Crippen molar-refractivity contribution in [2.45, 2.75) is 111 Å². The number of nitrogens with two attached hydrogens (primary N) is 2. The van der Waals surface area contributed by atoms with Crippen LogP contribution in [0.4, 0.5) is 41.0 Å². The first-order chi connectivity index (χ1) is 53.6. The van der Waals surface area contributed by atoms with Crippen LogP contribution in [0.25, 0.3) is 0 Å². The maximum absolute atomic E-state index is 11.5. The zero-order valence-corrected chi connectivity index (χ0v) is 66.4. The third kappa shape index (κ3) is 32.1. The molecule has 7 aromatic carbocycles. The Morgan fingerprint density at radius 1 is 0.554 bits per heavy atom. The van der Waals surface area contributed by atoms with Crippen LogP contribution in [0.2, 0.25) is 6.32 Å². The Hall–Kier alpha value is -11.0. The number of aliphatic hydroxyl groups is 1. The molecule has 0 saturated heterocycles. The third-order valence-electron chi connectivity index (χ3n) is 16.9. The van der Waals surface area contributed by atoms with Gasteiger partial charge < -0.3 is 89.9 Å². The molecule has 29 nitrogen and oxygen atoms in total. The highest BCUT2D eigenvalue weighted by molar-refractivity contribution is 6.25. The van der Waals surface area contributed by atoms with E-state index in [0.29, 0.717) is 63.5 Å². The SMILES string of the molecule is CCO.CC[B]F.COc1cc2c(cc1N)CN(C)CC2.COc1cc2c(cc1[N+](=O)[O-])C(=O)NCC2.COc1cc2c(cc1[N+](=O)[O-])CN(C)CC2.COc1cc2c(cc1[N+](=O)[O-])CNCC2.COc1ccc2c(c1)CCNC2=O.COc1cccc(CCN)c1.COc1cccc(CCNC(=O)OC(C)(C)C)c1.FF. The fourth-order valence-corrected chi connectivity index (χ4v) is 11.5. The van der Waals surface area contributed by atoms with Crippen molar-refractivity contribution in [3.63, 3.8) is 0 Å². The van der Waals surface area contributed by atoms with Gasteiger partial charge in [-0.1, -0.05) is 31.2 Å². The number of halogens is 3. The molecule has 0 saturated carbocycles. The predicted octanol–water partition coefficient (Wildman–Crippen LogP) is 11.8. The highest BCUT2D eigenvalue weighted by atomic mass is 20.0. The molecule has 5 aliphatic rings. The maximum Gasteiger partial charge on any atom is 0.407 e. The lowest BCUT2D eigenvalue weighted by molar-refractivity contribution is -0.386. The van der Waals surface area contributed by atoms with Gasteiger partial charge in [0.05, 0.1) is 70.2 Å². The molecule has 0 unspecified atom stereocenters. The molecule has 5 aliphatic heterocycles. The smallest absolute Gasteiger partial charge is 0.407 e. The van der Waals surface area contributed by atoms with Crippen molar-refractivity contribution in [1.29, 1.82) is 0 Å². The number of anilines is 1. The van der Waals surface area contributed by atoms with E-state index in [0.717, 1.165) is 151 Å². The highest BCUT2D eigenvalue weighted by Gasteiger charge is 2.27. The summed E-state index contributed by atoms with van der Waals surface area (Å²) in [4.78, 5) is 69.7. The van der Waals surface area contributed by atoms with Crippen LogP contribution in [-0.4, -0.2) is 177 Å². The number of fused-ring (bicyclic) bond motifs is 5. The second kappa shape index (κ2) is 50.7. The van der Waals surface area contributed by atoms with E-state index in [1.54, 1.807) is 72.6 Å². The molecule has 0 aromatic heterocycles. The van der Waals surface area contributed by atoms with Crippen LogP contribution in [0.1, 0.15) is 111 Å². The molecule has 0 spiro atoms. The predicted molar refractivity (Wildman–Crippen MR) is 426 cm³/mol. The number of nitrogens with zero attached hydrogens (tertiary/aromatic N) is 5.